The molecule has 0 aliphatic heterocycles. The van der Waals surface area contributed by atoms with E-state index < -0.39 is 0 Å². The summed E-state index contributed by atoms with van der Waals surface area (Å²) in [7, 11) is 1.03. The first-order valence-electron chi connectivity index (χ1n) is 3.97. The lowest BCUT2D eigenvalue weighted by Crippen LogP contribution is -2.13. The molecule has 3 heteroatoms. The van der Waals surface area contributed by atoms with Crippen LogP contribution in [0.5, 0.6) is 0 Å². The molecule has 0 aromatic heterocycles. The van der Waals surface area contributed by atoms with Gasteiger partial charge >= 0.3 is 7.48 Å². The van der Waals surface area contributed by atoms with Crippen LogP contribution >= 0.6 is 0 Å². The molecule has 2 aromatic carbocycles. The van der Waals surface area contributed by atoms with Gasteiger partial charge in [-0.3, -0.25) is 0 Å². The van der Waals surface area contributed by atoms with Crippen LogP contribution in [0.3, 0.4) is 0 Å². The van der Waals surface area contributed by atoms with Gasteiger partial charge in [0.25, 0.3) is 0 Å². The summed E-state index contributed by atoms with van der Waals surface area (Å²) in [5.74, 6) is -0.261. The highest BCUT2D eigenvalue weighted by atomic mass is 19.1. The number of halogens is 1. The topological polar surface area (TPSA) is 20.2 Å². The number of rotatable bonds is 1. The van der Waals surface area contributed by atoms with Crippen LogP contribution in [0.4, 0.5) is 4.39 Å². The first-order chi connectivity index (χ1) is 6.31. The minimum atomic E-state index is -0.261. The van der Waals surface area contributed by atoms with Gasteiger partial charge in [-0.2, -0.15) is 0 Å². The lowest BCUT2D eigenvalue weighted by atomic mass is 9.84. The van der Waals surface area contributed by atoms with Gasteiger partial charge in [-0.25, -0.2) is 4.39 Å². The Morgan fingerprint density at radius 3 is 2.77 bits per heavy atom. The summed E-state index contributed by atoms with van der Waals surface area (Å²) >= 11 is 0. The van der Waals surface area contributed by atoms with Gasteiger partial charge in [0.2, 0.25) is 0 Å². The first kappa shape index (κ1) is 8.26. The van der Waals surface area contributed by atoms with Gasteiger partial charge in [0.05, 0.1) is 0 Å². The molecular formula is C10H7BFO. The predicted molar refractivity (Wildman–Crippen MR) is 51.5 cm³/mol. The zero-order chi connectivity index (χ0) is 9.26. The highest BCUT2D eigenvalue weighted by Gasteiger charge is 2.01. The standard InChI is InChI=1S/C10H7BFO/c12-8-4-5-9-7(6-8)2-1-3-10(9)11-13/h1-6,13H. The van der Waals surface area contributed by atoms with Gasteiger partial charge < -0.3 is 5.02 Å². The number of hydrogen-bond donors (Lipinski definition) is 1. The van der Waals surface area contributed by atoms with E-state index in [-0.39, 0.29) is 5.82 Å². The monoisotopic (exact) mass is 173 g/mol. The fourth-order valence-corrected chi connectivity index (χ4v) is 1.39. The van der Waals surface area contributed by atoms with Gasteiger partial charge in [-0.05, 0) is 28.4 Å². The van der Waals surface area contributed by atoms with Crippen LogP contribution in [0.15, 0.2) is 36.4 Å². The van der Waals surface area contributed by atoms with Crippen LogP contribution in [0.1, 0.15) is 0 Å². The minimum Gasteiger partial charge on any atom is -0.450 e. The highest BCUT2D eigenvalue weighted by molar-refractivity contribution is 6.50. The number of fused-ring (bicyclic) bond motifs is 1. The first-order valence-corrected chi connectivity index (χ1v) is 3.97. The Balaban J connectivity index is 2.77. The normalized spacial score (nSPS) is 10.3. The molecule has 0 heterocycles. The SMILES string of the molecule is O[B]c1cccc2cc(F)ccc12. The molecule has 0 saturated heterocycles. The van der Waals surface area contributed by atoms with Gasteiger partial charge in [0, 0.05) is 0 Å². The molecule has 2 rings (SSSR count). The van der Waals surface area contributed by atoms with Crippen molar-refractivity contribution in [2.75, 3.05) is 0 Å². The van der Waals surface area contributed by atoms with Crippen LogP contribution < -0.4 is 5.46 Å². The molecule has 0 aliphatic carbocycles. The molecule has 0 fully saturated rings. The summed E-state index contributed by atoms with van der Waals surface area (Å²) in [5, 5.41) is 10.5. The van der Waals surface area contributed by atoms with Gasteiger partial charge in [0.1, 0.15) is 5.82 Å². The quantitative estimate of drug-likeness (QED) is 0.642. The minimum absolute atomic E-state index is 0.261. The summed E-state index contributed by atoms with van der Waals surface area (Å²) in [4.78, 5) is 0. The molecular weight excluding hydrogens is 166 g/mol. The maximum atomic E-state index is 12.8. The van der Waals surface area contributed by atoms with Gasteiger partial charge in [-0.15, -0.1) is 0 Å². The zero-order valence-electron chi connectivity index (χ0n) is 6.87. The lowest BCUT2D eigenvalue weighted by molar-refractivity contribution is 0.615. The summed E-state index contributed by atoms with van der Waals surface area (Å²) in [6.45, 7) is 0. The Labute approximate surface area is 76.1 Å². The van der Waals surface area contributed by atoms with Crippen molar-refractivity contribution in [3.63, 3.8) is 0 Å². The molecule has 0 amide bonds. The highest BCUT2D eigenvalue weighted by Crippen LogP contribution is 2.12. The molecule has 0 unspecified atom stereocenters. The molecule has 0 bridgehead atoms. The molecule has 1 nitrogen and oxygen atoms in total. The Morgan fingerprint density at radius 2 is 2.00 bits per heavy atom. The van der Waals surface area contributed by atoms with Crippen molar-refractivity contribution < 1.29 is 9.41 Å². The maximum absolute atomic E-state index is 12.8. The van der Waals surface area contributed by atoms with E-state index in [0.29, 0.717) is 5.46 Å². The Morgan fingerprint density at radius 1 is 1.15 bits per heavy atom. The van der Waals surface area contributed by atoms with Crippen LogP contribution in [0.25, 0.3) is 10.8 Å². The second-order valence-corrected chi connectivity index (χ2v) is 2.84. The van der Waals surface area contributed by atoms with E-state index in [4.69, 9.17) is 5.02 Å². The van der Waals surface area contributed by atoms with Crippen LogP contribution in [-0.4, -0.2) is 12.5 Å². The second-order valence-electron chi connectivity index (χ2n) is 2.84. The van der Waals surface area contributed by atoms with Crippen molar-refractivity contribution in [2.24, 2.45) is 0 Å². The zero-order valence-corrected chi connectivity index (χ0v) is 6.87. The number of benzene rings is 2. The van der Waals surface area contributed by atoms with Gasteiger partial charge in [0.15, 0.2) is 0 Å². The van der Waals surface area contributed by atoms with E-state index in [1.807, 2.05) is 6.07 Å². The van der Waals surface area contributed by atoms with Crippen LogP contribution in [-0.2, 0) is 0 Å². The molecule has 0 saturated carbocycles. The summed E-state index contributed by atoms with van der Waals surface area (Å²) in [6.07, 6.45) is 0. The average Bonchev–Trinajstić information content (AvgIpc) is 2.16. The van der Waals surface area contributed by atoms with Crippen molar-refractivity contribution in [3.8, 4) is 0 Å². The fraction of sp³-hybridized carbons (Fsp3) is 0. The third-order valence-electron chi connectivity index (χ3n) is 2.02. The molecule has 1 radical (unpaired) electrons. The summed E-state index contributed by atoms with van der Waals surface area (Å²) in [6, 6.07) is 9.86. The molecule has 63 valence electrons. The van der Waals surface area contributed by atoms with E-state index in [0.717, 1.165) is 18.3 Å². The van der Waals surface area contributed by atoms with Crippen molar-refractivity contribution in [3.05, 3.63) is 42.2 Å². The molecule has 1 N–H and O–H groups in total. The van der Waals surface area contributed by atoms with Crippen LogP contribution in [0.2, 0.25) is 0 Å². The van der Waals surface area contributed by atoms with Crippen molar-refractivity contribution in [1.82, 2.24) is 0 Å². The Kier molecular flexibility index (Phi) is 2.03. The van der Waals surface area contributed by atoms with Crippen molar-refractivity contribution in [2.45, 2.75) is 0 Å². The third-order valence-corrected chi connectivity index (χ3v) is 2.02. The molecule has 0 aliphatic rings. The van der Waals surface area contributed by atoms with Gasteiger partial charge in [-0.1, -0.05) is 24.3 Å². The second kappa shape index (κ2) is 3.19. The fourth-order valence-electron chi connectivity index (χ4n) is 1.39. The van der Waals surface area contributed by atoms with Crippen molar-refractivity contribution in [1.29, 1.82) is 0 Å². The third kappa shape index (κ3) is 1.43. The predicted octanol–water partition coefficient (Wildman–Crippen LogP) is 1.22. The lowest BCUT2D eigenvalue weighted by Gasteiger charge is -2.01. The smallest absolute Gasteiger partial charge is 0.327 e. The Bertz CT molecular complexity index is 442. The number of hydrogen-bond acceptors (Lipinski definition) is 1. The van der Waals surface area contributed by atoms with E-state index >= 15 is 0 Å². The molecule has 0 atom stereocenters. The molecule has 2 aromatic rings. The maximum Gasteiger partial charge on any atom is 0.327 e. The largest absolute Gasteiger partial charge is 0.450 e. The van der Waals surface area contributed by atoms with Crippen LogP contribution in [0, 0.1) is 5.82 Å². The van der Waals surface area contributed by atoms with E-state index in [1.165, 1.54) is 12.1 Å². The Hall–Kier alpha value is -1.35. The molecule has 0 spiro atoms. The van der Waals surface area contributed by atoms with E-state index in [1.54, 1.807) is 18.2 Å². The summed E-state index contributed by atoms with van der Waals surface area (Å²) < 4.78 is 12.8. The molecule has 13 heavy (non-hydrogen) atoms. The van der Waals surface area contributed by atoms with E-state index in [9.17, 15) is 4.39 Å². The van der Waals surface area contributed by atoms with E-state index in [2.05, 4.69) is 0 Å². The van der Waals surface area contributed by atoms with Crippen molar-refractivity contribution >= 4 is 23.7 Å². The summed E-state index contributed by atoms with van der Waals surface area (Å²) in [5.41, 5.74) is 0.706. The average molecular weight is 173 g/mol.